The molecule has 0 spiro atoms. The molecule has 2 rings (SSSR count). The molecule has 2 aliphatic heterocycles. The third-order valence-corrected chi connectivity index (χ3v) is 4.19. The molecule has 2 saturated heterocycles. The lowest BCUT2D eigenvalue weighted by molar-refractivity contribution is -0.354. The van der Waals surface area contributed by atoms with Gasteiger partial charge in [-0.25, -0.2) is 0 Å². The third-order valence-electron chi connectivity index (χ3n) is 4.19. The predicted molar refractivity (Wildman–Crippen MR) is 72.0 cm³/mol. The number of hydrogen-bond donors (Lipinski definition) is 6. The van der Waals surface area contributed by atoms with E-state index in [0.29, 0.717) is 0 Å². The summed E-state index contributed by atoms with van der Waals surface area (Å²) in [5, 5.41) is 58.9. The highest BCUT2D eigenvalue weighted by atomic mass is 16.7. The summed E-state index contributed by atoms with van der Waals surface area (Å²) in [6, 6.07) is 0. The summed E-state index contributed by atoms with van der Waals surface area (Å²) >= 11 is 0. The minimum absolute atomic E-state index is 0.550. The topological polar surface area (TPSA) is 158 Å². The lowest BCUT2D eigenvalue weighted by Gasteiger charge is -2.45. The number of aliphatic hydroxyl groups excluding tert-OH is 6. The van der Waals surface area contributed by atoms with Gasteiger partial charge >= 0.3 is 0 Å². The summed E-state index contributed by atoms with van der Waals surface area (Å²) < 4.78 is 20.6. The highest BCUT2D eigenvalue weighted by Crippen LogP contribution is 2.29. The maximum absolute atomic E-state index is 10.2. The Labute approximate surface area is 132 Å². The molecule has 0 saturated carbocycles. The lowest BCUT2D eigenvalue weighted by atomic mass is 9.97. The highest BCUT2D eigenvalue weighted by Gasteiger charge is 2.50. The summed E-state index contributed by atoms with van der Waals surface area (Å²) in [6.07, 6.45) is -12.9. The van der Waals surface area contributed by atoms with Gasteiger partial charge in [0.1, 0.15) is 42.7 Å². The first-order chi connectivity index (χ1) is 10.8. The third kappa shape index (κ3) is 3.66. The molecule has 0 bridgehead atoms. The molecule has 0 radical (unpaired) electrons. The molecule has 136 valence electrons. The summed E-state index contributed by atoms with van der Waals surface area (Å²) in [5.41, 5.74) is 0. The van der Waals surface area contributed by atoms with Crippen LogP contribution in [0.25, 0.3) is 0 Å². The largest absolute Gasteiger partial charge is 0.394 e. The van der Waals surface area contributed by atoms with Crippen LogP contribution in [0.4, 0.5) is 0 Å². The molecule has 10 atom stereocenters. The van der Waals surface area contributed by atoms with Gasteiger partial charge in [-0.05, 0) is 6.92 Å². The van der Waals surface area contributed by atoms with Crippen LogP contribution in [0.1, 0.15) is 6.92 Å². The Bertz CT molecular complexity index is 368. The zero-order valence-electron chi connectivity index (χ0n) is 12.8. The smallest absolute Gasteiger partial charge is 0.187 e. The Kier molecular flexibility index (Phi) is 6.30. The molecule has 10 nitrogen and oxygen atoms in total. The Balaban J connectivity index is 2.13. The van der Waals surface area contributed by atoms with Crippen LogP contribution in [-0.4, -0.2) is 106 Å². The van der Waals surface area contributed by atoms with Gasteiger partial charge in [-0.15, -0.1) is 0 Å². The van der Waals surface area contributed by atoms with Gasteiger partial charge < -0.3 is 49.6 Å². The van der Waals surface area contributed by atoms with Gasteiger partial charge in [-0.3, -0.25) is 0 Å². The van der Waals surface area contributed by atoms with E-state index >= 15 is 0 Å². The van der Waals surface area contributed by atoms with E-state index in [1.165, 1.54) is 14.0 Å². The zero-order chi connectivity index (χ0) is 17.3. The molecular weight excluding hydrogens is 316 g/mol. The summed E-state index contributed by atoms with van der Waals surface area (Å²) in [5.74, 6) is 0. The van der Waals surface area contributed by atoms with Crippen molar-refractivity contribution in [1.29, 1.82) is 0 Å². The number of rotatable bonds is 4. The van der Waals surface area contributed by atoms with Crippen LogP contribution in [0.5, 0.6) is 0 Å². The fourth-order valence-electron chi connectivity index (χ4n) is 2.77. The average Bonchev–Trinajstić information content (AvgIpc) is 2.52. The van der Waals surface area contributed by atoms with E-state index in [2.05, 4.69) is 0 Å². The Morgan fingerprint density at radius 2 is 1.52 bits per heavy atom. The van der Waals surface area contributed by atoms with Gasteiger partial charge in [-0.2, -0.15) is 0 Å². The van der Waals surface area contributed by atoms with Crippen LogP contribution in [-0.2, 0) is 18.9 Å². The van der Waals surface area contributed by atoms with Gasteiger partial charge in [-0.1, -0.05) is 0 Å². The van der Waals surface area contributed by atoms with Crippen LogP contribution in [0, 0.1) is 0 Å². The van der Waals surface area contributed by atoms with E-state index in [4.69, 9.17) is 18.9 Å². The average molecular weight is 340 g/mol. The van der Waals surface area contributed by atoms with Gasteiger partial charge in [0.25, 0.3) is 0 Å². The predicted octanol–water partition coefficient (Wildman–Crippen LogP) is -3.72. The number of aliphatic hydroxyl groups is 6. The normalized spacial score (nSPS) is 51.7. The summed E-state index contributed by atoms with van der Waals surface area (Å²) in [6.45, 7) is 0.929. The van der Waals surface area contributed by atoms with Crippen molar-refractivity contribution >= 4 is 0 Å². The molecule has 2 aliphatic rings. The quantitative estimate of drug-likeness (QED) is 0.300. The van der Waals surface area contributed by atoms with Crippen molar-refractivity contribution < 1.29 is 49.6 Å². The van der Waals surface area contributed by atoms with Crippen LogP contribution in [0.2, 0.25) is 0 Å². The molecule has 0 unspecified atom stereocenters. The fourth-order valence-corrected chi connectivity index (χ4v) is 2.77. The van der Waals surface area contributed by atoms with Crippen molar-refractivity contribution in [1.82, 2.24) is 0 Å². The molecule has 10 heteroatoms. The van der Waals surface area contributed by atoms with Crippen molar-refractivity contribution in [3.05, 3.63) is 0 Å². The molecule has 6 N–H and O–H groups in total. The second-order valence-corrected chi connectivity index (χ2v) is 5.72. The van der Waals surface area contributed by atoms with Crippen molar-refractivity contribution in [3.8, 4) is 0 Å². The van der Waals surface area contributed by atoms with Gasteiger partial charge in [0.15, 0.2) is 12.6 Å². The fraction of sp³-hybridized carbons (Fsp3) is 1.00. The maximum atomic E-state index is 10.2. The Hall–Kier alpha value is -0.400. The first-order valence-electron chi connectivity index (χ1n) is 7.32. The SMILES string of the molecule is CO[C@@H]1[C@@H](O)[C@H](O[C@@H]2[C@@H](O)[C@H](C)O[C@@H](O)[C@@H]2O)O[C@H](CO)[C@H]1O. The standard InChI is InChI=1S/C13H24O10/c1-4-6(15)11(8(17)12(19)21-4)23-13-9(18)10(20-2)7(16)5(3-14)22-13/h4-19H,3H2,1-2H3/t4-,5+,6-,7+,8+,9+,10-,11+,12+,13-/m0/s1. The van der Waals surface area contributed by atoms with E-state index in [-0.39, 0.29) is 0 Å². The number of hydrogen-bond acceptors (Lipinski definition) is 10. The Morgan fingerprint density at radius 3 is 2.09 bits per heavy atom. The van der Waals surface area contributed by atoms with Crippen molar-refractivity contribution in [2.75, 3.05) is 13.7 Å². The monoisotopic (exact) mass is 340 g/mol. The van der Waals surface area contributed by atoms with Gasteiger partial charge in [0, 0.05) is 7.11 Å². The van der Waals surface area contributed by atoms with Crippen molar-refractivity contribution in [2.24, 2.45) is 0 Å². The highest BCUT2D eigenvalue weighted by molar-refractivity contribution is 4.93. The molecule has 0 aromatic carbocycles. The second kappa shape index (κ2) is 7.66. The number of methoxy groups -OCH3 is 1. The molecule has 2 heterocycles. The molecule has 2 fully saturated rings. The molecule has 0 amide bonds. The van der Waals surface area contributed by atoms with E-state index < -0.39 is 68.0 Å². The van der Waals surface area contributed by atoms with Crippen LogP contribution in [0.3, 0.4) is 0 Å². The van der Waals surface area contributed by atoms with Crippen LogP contribution >= 0.6 is 0 Å². The van der Waals surface area contributed by atoms with E-state index in [1.807, 2.05) is 0 Å². The van der Waals surface area contributed by atoms with Crippen molar-refractivity contribution in [2.45, 2.75) is 68.3 Å². The Morgan fingerprint density at radius 1 is 0.870 bits per heavy atom. The first kappa shape index (κ1) is 18.9. The van der Waals surface area contributed by atoms with E-state index in [9.17, 15) is 30.6 Å². The zero-order valence-corrected chi connectivity index (χ0v) is 12.8. The van der Waals surface area contributed by atoms with Gasteiger partial charge in [0.05, 0.1) is 12.7 Å². The second-order valence-electron chi connectivity index (χ2n) is 5.72. The van der Waals surface area contributed by atoms with Gasteiger partial charge in [0.2, 0.25) is 0 Å². The first-order valence-corrected chi connectivity index (χ1v) is 7.32. The molecule has 0 aromatic heterocycles. The minimum Gasteiger partial charge on any atom is -0.394 e. The van der Waals surface area contributed by atoms with Crippen LogP contribution < -0.4 is 0 Å². The minimum atomic E-state index is -1.57. The molecule has 23 heavy (non-hydrogen) atoms. The summed E-state index contributed by atoms with van der Waals surface area (Å²) in [4.78, 5) is 0. The van der Waals surface area contributed by atoms with Crippen molar-refractivity contribution in [3.63, 3.8) is 0 Å². The molecular formula is C13H24O10. The number of ether oxygens (including phenoxy) is 4. The van der Waals surface area contributed by atoms with Crippen LogP contribution in [0.15, 0.2) is 0 Å². The molecule has 0 aromatic rings. The lowest BCUT2D eigenvalue weighted by Crippen LogP contribution is -2.64. The maximum Gasteiger partial charge on any atom is 0.187 e. The van der Waals surface area contributed by atoms with E-state index in [0.717, 1.165) is 0 Å². The molecule has 0 aliphatic carbocycles. The van der Waals surface area contributed by atoms with E-state index in [1.54, 1.807) is 0 Å². The summed E-state index contributed by atoms with van der Waals surface area (Å²) in [7, 11) is 1.26.